The minimum Gasteiger partial charge on any atom is -0.368 e. The molecule has 1 saturated heterocycles. The van der Waals surface area contributed by atoms with E-state index in [2.05, 4.69) is 36.9 Å². The van der Waals surface area contributed by atoms with Crippen LogP contribution in [0.4, 0.5) is 5.69 Å². The number of carbonyl (C=O) groups excluding carboxylic acids is 1. The number of hydrogen-bond acceptors (Lipinski definition) is 3. The van der Waals surface area contributed by atoms with Gasteiger partial charge in [0, 0.05) is 44.0 Å². The third-order valence-electron chi connectivity index (χ3n) is 4.71. The van der Waals surface area contributed by atoms with E-state index < -0.39 is 0 Å². The van der Waals surface area contributed by atoms with Gasteiger partial charge in [0.1, 0.15) is 0 Å². The number of rotatable bonds is 3. The van der Waals surface area contributed by atoms with Gasteiger partial charge in [-0.2, -0.15) is 0 Å². The van der Waals surface area contributed by atoms with Crippen molar-refractivity contribution in [1.82, 2.24) is 4.90 Å². The second-order valence-corrected chi connectivity index (χ2v) is 6.47. The van der Waals surface area contributed by atoms with Crippen LogP contribution in [-0.2, 0) is 6.54 Å². The molecule has 0 aromatic heterocycles. The van der Waals surface area contributed by atoms with Crippen LogP contribution in [-0.4, -0.2) is 37.0 Å². The van der Waals surface area contributed by atoms with Gasteiger partial charge in [0.05, 0.1) is 0 Å². The topological polar surface area (TPSA) is 49.6 Å². The Bertz CT molecular complexity index is 722. The van der Waals surface area contributed by atoms with Crippen LogP contribution in [0.3, 0.4) is 0 Å². The monoisotopic (exact) mass is 359 g/mol. The van der Waals surface area contributed by atoms with E-state index in [0.29, 0.717) is 6.54 Å². The number of aryl methyl sites for hydroxylation is 2. The van der Waals surface area contributed by atoms with Gasteiger partial charge < -0.3 is 15.5 Å². The van der Waals surface area contributed by atoms with E-state index in [0.717, 1.165) is 37.3 Å². The third-order valence-corrected chi connectivity index (χ3v) is 4.71. The minimum absolute atomic E-state index is 0. The van der Waals surface area contributed by atoms with Crippen LogP contribution in [0.25, 0.3) is 0 Å². The summed E-state index contributed by atoms with van der Waals surface area (Å²) in [5, 5.41) is 0. The zero-order valence-electron chi connectivity index (χ0n) is 14.9. The van der Waals surface area contributed by atoms with E-state index in [-0.39, 0.29) is 18.3 Å². The Hall–Kier alpha value is -2.04. The Morgan fingerprint density at radius 3 is 2.24 bits per heavy atom. The summed E-state index contributed by atoms with van der Waals surface area (Å²) in [4.78, 5) is 17.0. The van der Waals surface area contributed by atoms with Crippen molar-refractivity contribution >= 4 is 24.0 Å². The van der Waals surface area contributed by atoms with Crippen LogP contribution in [0.15, 0.2) is 42.5 Å². The molecule has 2 aromatic rings. The smallest absolute Gasteiger partial charge is 0.253 e. The number of hydrogen-bond donors (Lipinski definition) is 1. The van der Waals surface area contributed by atoms with Gasteiger partial charge in [-0.1, -0.05) is 24.3 Å². The summed E-state index contributed by atoms with van der Waals surface area (Å²) in [6, 6.07) is 14.2. The molecule has 1 aliphatic rings. The molecule has 2 N–H and O–H groups in total. The quantitative estimate of drug-likeness (QED) is 0.915. The molecule has 5 heteroatoms. The first-order valence-electron chi connectivity index (χ1n) is 8.49. The molecule has 0 aliphatic carbocycles. The first-order valence-corrected chi connectivity index (χ1v) is 8.49. The lowest BCUT2D eigenvalue weighted by Gasteiger charge is -2.37. The highest BCUT2D eigenvalue weighted by Crippen LogP contribution is 2.23. The van der Waals surface area contributed by atoms with Crippen molar-refractivity contribution in [1.29, 1.82) is 0 Å². The van der Waals surface area contributed by atoms with E-state index >= 15 is 0 Å². The first-order chi connectivity index (χ1) is 11.6. The van der Waals surface area contributed by atoms with E-state index in [1.165, 1.54) is 16.8 Å². The number of halogens is 1. The van der Waals surface area contributed by atoms with Gasteiger partial charge in [-0.25, -0.2) is 0 Å². The summed E-state index contributed by atoms with van der Waals surface area (Å²) in [7, 11) is 0. The predicted molar refractivity (Wildman–Crippen MR) is 106 cm³/mol. The number of piperazine rings is 1. The fourth-order valence-corrected chi connectivity index (χ4v) is 3.18. The molecule has 0 saturated carbocycles. The molecule has 0 unspecified atom stereocenters. The molecule has 1 amide bonds. The lowest BCUT2D eigenvalue weighted by Crippen LogP contribution is -2.49. The Morgan fingerprint density at radius 1 is 1.00 bits per heavy atom. The maximum absolute atomic E-state index is 12.6. The van der Waals surface area contributed by atoms with Crippen molar-refractivity contribution in [3.63, 3.8) is 0 Å². The summed E-state index contributed by atoms with van der Waals surface area (Å²) >= 11 is 0. The van der Waals surface area contributed by atoms with Gasteiger partial charge in [0.15, 0.2) is 0 Å². The molecule has 1 heterocycles. The van der Waals surface area contributed by atoms with Crippen LogP contribution < -0.4 is 10.6 Å². The summed E-state index contributed by atoms with van der Waals surface area (Å²) in [6.45, 7) is 8.02. The van der Waals surface area contributed by atoms with Gasteiger partial charge >= 0.3 is 0 Å². The number of carbonyl (C=O) groups is 1. The number of benzene rings is 2. The molecule has 134 valence electrons. The number of anilines is 1. The van der Waals surface area contributed by atoms with E-state index in [1.807, 2.05) is 29.2 Å². The second-order valence-electron chi connectivity index (χ2n) is 6.47. The SMILES string of the molecule is Cc1ccc(C)c(N2CCN(C(=O)c3ccc(CN)cc3)CC2)c1.Cl. The number of nitrogens with two attached hydrogens (primary N) is 1. The maximum Gasteiger partial charge on any atom is 0.253 e. The van der Waals surface area contributed by atoms with Gasteiger partial charge in [-0.3, -0.25) is 4.79 Å². The third kappa shape index (κ3) is 4.33. The average Bonchev–Trinajstić information content (AvgIpc) is 2.63. The van der Waals surface area contributed by atoms with Crippen molar-refractivity contribution in [2.75, 3.05) is 31.1 Å². The van der Waals surface area contributed by atoms with Crippen LogP contribution in [0, 0.1) is 13.8 Å². The summed E-state index contributed by atoms with van der Waals surface area (Å²) in [5.74, 6) is 0.110. The highest BCUT2D eigenvalue weighted by atomic mass is 35.5. The van der Waals surface area contributed by atoms with Gasteiger partial charge in [0.2, 0.25) is 0 Å². The molecule has 0 radical (unpaired) electrons. The Labute approximate surface area is 156 Å². The van der Waals surface area contributed by atoms with Gasteiger partial charge in [-0.05, 0) is 48.7 Å². The first kappa shape index (κ1) is 19.3. The average molecular weight is 360 g/mol. The van der Waals surface area contributed by atoms with Crippen LogP contribution in [0.2, 0.25) is 0 Å². The summed E-state index contributed by atoms with van der Waals surface area (Å²) in [5.41, 5.74) is 11.3. The van der Waals surface area contributed by atoms with Crippen molar-refractivity contribution < 1.29 is 4.79 Å². The van der Waals surface area contributed by atoms with Crippen molar-refractivity contribution in [2.45, 2.75) is 20.4 Å². The lowest BCUT2D eigenvalue weighted by atomic mass is 10.1. The Morgan fingerprint density at radius 2 is 1.64 bits per heavy atom. The van der Waals surface area contributed by atoms with Crippen LogP contribution in [0.5, 0.6) is 0 Å². The molecular weight excluding hydrogens is 334 g/mol. The molecule has 4 nitrogen and oxygen atoms in total. The number of nitrogens with zero attached hydrogens (tertiary/aromatic N) is 2. The van der Waals surface area contributed by atoms with Crippen molar-refractivity contribution in [2.24, 2.45) is 5.73 Å². The molecule has 0 atom stereocenters. The van der Waals surface area contributed by atoms with Crippen LogP contribution >= 0.6 is 12.4 Å². The van der Waals surface area contributed by atoms with Crippen molar-refractivity contribution in [3.05, 3.63) is 64.7 Å². The van der Waals surface area contributed by atoms with E-state index in [4.69, 9.17) is 5.73 Å². The second kappa shape index (κ2) is 8.37. The number of amides is 1. The van der Waals surface area contributed by atoms with Crippen molar-refractivity contribution in [3.8, 4) is 0 Å². The molecular formula is C20H26ClN3O. The molecule has 3 rings (SSSR count). The lowest BCUT2D eigenvalue weighted by molar-refractivity contribution is 0.0747. The molecule has 2 aromatic carbocycles. The Balaban J connectivity index is 0.00000225. The standard InChI is InChI=1S/C20H25N3O.ClH/c1-15-3-4-16(2)19(13-15)22-9-11-23(12-10-22)20(24)18-7-5-17(14-21)6-8-18;/h3-8,13H,9-12,14,21H2,1-2H3;1H. The zero-order chi connectivity index (χ0) is 17.1. The minimum atomic E-state index is 0. The molecule has 1 aliphatic heterocycles. The summed E-state index contributed by atoms with van der Waals surface area (Å²) in [6.07, 6.45) is 0. The normalized spacial score (nSPS) is 14.2. The zero-order valence-corrected chi connectivity index (χ0v) is 15.7. The predicted octanol–water partition coefficient (Wildman–Crippen LogP) is 3.15. The fourth-order valence-electron chi connectivity index (χ4n) is 3.18. The summed E-state index contributed by atoms with van der Waals surface area (Å²) < 4.78 is 0. The highest BCUT2D eigenvalue weighted by Gasteiger charge is 2.23. The molecule has 0 spiro atoms. The maximum atomic E-state index is 12.6. The Kier molecular flexibility index (Phi) is 6.45. The van der Waals surface area contributed by atoms with E-state index in [1.54, 1.807) is 0 Å². The van der Waals surface area contributed by atoms with Gasteiger partial charge in [-0.15, -0.1) is 12.4 Å². The largest absolute Gasteiger partial charge is 0.368 e. The molecule has 25 heavy (non-hydrogen) atoms. The van der Waals surface area contributed by atoms with Crippen LogP contribution in [0.1, 0.15) is 27.0 Å². The molecule has 1 fully saturated rings. The van der Waals surface area contributed by atoms with E-state index in [9.17, 15) is 4.79 Å². The highest BCUT2D eigenvalue weighted by molar-refractivity contribution is 5.94. The fraction of sp³-hybridized carbons (Fsp3) is 0.350. The molecule has 0 bridgehead atoms. The van der Waals surface area contributed by atoms with Gasteiger partial charge in [0.25, 0.3) is 5.91 Å².